The van der Waals surface area contributed by atoms with E-state index in [1.54, 1.807) is 11.3 Å². The Morgan fingerprint density at radius 1 is 1.69 bits per heavy atom. The molecule has 1 saturated heterocycles. The number of aromatic nitrogens is 1. The highest BCUT2D eigenvalue weighted by Gasteiger charge is 2.25. The van der Waals surface area contributed by atoms with Crippen LogP contribution < -0.4 is 10.2 Å². The van der Waals surface area contributed by atoms with Crippen molar-refractivity contribution in [2.45, 2.75) is 26.3 Å². The molecule has 1 aliphatic heterocycles. The van der Waals surface area contributed by atoms with Gasteiger partial charge in [-0.25, -0.2) is 4.98 Å². The maximum Gasteiger partial charge on any atom is 0.222 e. The Morgan fingerprint density at radius 3 is 3.12 bits per heavy atom. The molecule has 0 saturated carbocycles. The van der Waals surface area contributed by atoms with Crippen molar-refractivity contribution in [1.82, 2.24) is 10.3 Å². The van der Waals surface area contributed by atoms with E-state index in [1.165, 1.54) is 0 Å². The molecule has 88 valence electrons. The largest absolute Gasteiger partial charge is 0.351 e. The SMILES string of the molecule is CC(C)C(=O)NC1CCN(c2nccs2)C1. The average Bonchev–Trinajstić information content (AvgIpc) is 2.85. The van der Waals surface area contributed by atoms with Crippen LogP contribution >= 0.6 is 11.3 Å². The van der Waals surface area contributed by atoms with Crippen LogP contribution in [-0.4, -0.2) is 30.0 Å². The van der Waals surface area contributed by atoms with E-state index in [0.29, 0.717) is 0 Å². The molecular weight excluding hydrogens is 222 g/mol. The van der Waals surface area contributed by atoms with E-state index in [1.807, 2.05) is 25.4 Å². The van der Waals surface area contributed by atoms with Crippen LogP contribution in [0, 0.1) is 5.92 Å². The van der Waals surface area contributed by atoms with Crippen LogP contribution in [0.2, 0.25) is 0 Å². The summed E-state index contributed by atoms with van der Waals surface area (Å²) in [6.45, 7) is 5.70. The molecule has 0 aliphatic carbocycles. The summed E-state index contributed by atoms with van der Waals surface area (Å²) in [4.78, 5) is 18.1. The Labute approximate surface area is 99.7 Å². The van der Waals surface area contributed by atoms with Crippen molar-refractivity contribution in [2.75, 3.05) is 18.0 Å². The van der Waals surface area contributed by atoms with Gasteiger partial charge >= 0.3 is 0 Å². The molecule has 1 aromatic rings. The second kappa shape index (κ2) is 4.82. The summed E-state index contributed by atoms with van der Waals surface area (Å²) in [6, 6.07) is 0.277. The van der Waals surface area contributed by atoms with Gasteiger partial charge in [-0.2, -0.15) is 0 Å². The molecule has 0 radical (unpaired) electrons. The topological polar surface area (TPSA) is 45.2 Å². The monoisotopic (exact) mass is 239 g/mol. The van der Waals surface area contributed by atoms with Crippen LogP contribution in [-0.2, 0) is 4.79 Å². The molecule has 2 rings (SSSR count). The zero-order valence-electron chi connectivity index (χ0n) is 9.64. The summed E-state index contributed by atoms with van der Waals surface area (Å²) in [6.07, 6.45) is 2.83. The predicted molar refractivity (Wildman–Crippen MR) is 65.7 cm³/mol. The number of thiazole rings is 1. The molecule has 0 aromatic carbocycles. The first-order valence-electron chi connectivity index (χ1n) is 5.61. The molecule has 1 atom stereocenters. The van der Waals surface area contributed by atoms with E-state index in [-0.39, 0.29) is 17.9 Å². The van der Waals surface area contributed by atoms with Gasteiger partial charge in [-0.1, -0.05) is 13.8 Å². The fourth-order valence-corrected chi connectivity index (χ4v) is 2.47. The molecule has 0 bridgehead atoms. The first kappa shape index (κ1) is 11.4. The van der Waals surface area contributed by atoms with E-state index < -0.39 is 0 Å². The molecule has 16 heavy (non-hydrogen) atoms. The normalized spacial score (nSPS) is 20.4. The minimum Gasteiger partial charge on any atom is -0.351 e. The summed E-state index contributed by atoms with van der Waals surface area (Å²) < 4.78 is 0. The van der Waals surface area contributed by atoms with Gasteiger partial charge in [-0.3, -0.25) is 4.79 Å². The van der Waals surface area contributed by atoms with Crippen LogP contribution in [0.3, 0.4) is 0 Å². The van der Waals surface area contributed by atoms with Gasteiger partial charge in [0.1, 0.15) is 0 Å². The van der Waals surface area contributed by atoms with Crippen molar-refractivity contribution in [3.8, 4) is 0 Å². The number of carbonyl (C=O) groups is 1. The second-order valence-corrected chi connectivity index (χ2v) is 5.28. The predicted octanol–water partition coefficient (Wildman–Crippen LogP) is 1.49. The van der Waals surface area contributed by atoms with Gasteiger partial charge in [0.05, 0.1) is 0 Å². The number of nitrogens with zero attached hydrogens (tertiary/aromatic N) is 2. The highest BCUT2D eigenvalue weighted by molar-refractivity contribution is 7.13. The van der Waals surface area contributed by atoms with E-state index in [0.717, 1.165) is 24.6 Å². The van der Waals surface area contributed by atoms with Gasteiger partial charge in [0.25, 0.3) is 0 Å². The van der Waals surface area contributed by atoms with Crippen molar-refractivity contribution in [3.05, 3.63) is 11.6 Å². The van der Waals surface area contributed by atoms with E-state index in [9.17, 15) is 4.79 Å². The second-order valence-electron chi connectivity index (χ2n) is 4.41. The summed E-state index contributed by atoms with van der Waals surface area (Å²) in [5, 5.41) is 6.10. The Hall–Kier alpha value is -1.10. The molecule has 1 amide bonds. The quantitative estimate of drug-likeness (QED) is 0.869. The number of nitrogens with one attached hydrogen (secondary N) is 1. The van der Waals surface area contributed by atoms with Crippen LogP contribution in [0.4, 0.5) is 5.13 Å². The van der Waals surface area contributed by atoms with Crippen molar-refractivity contribution in [1.29, 1.82) is 0 Å². The van der Waals surface area contributed by atoms with Crippen molar-refractivity contribution >= 4 is 22.4 Å². The average molecular weight is 239 g/mol. The van der Waals surface area contributed by atoms with Crippen LogP contribution in [0.25, 0.3) is 0 Å². The Morgan fingerprint density at radius 2 is 2.50 bits per heavy atom. The fourth-order valence-electron chi connectivity index (χ4n) is 1.79. The number of carbonyl (C=O) groups excluding carboxylic acids is 1. The molecule has 5 heteroatoms. The zero-order valence-corrected chi connectivity index (χ0v) is 10.5. The van der Waals surface area contributed by atoms with Crippen molar-refractivity contribution < 1.29 is 4.79 Å². The maximum atomic E-state index is 11.5. The molecule has 0 spiro atoms. The Balaban J connectivity index is 1.87. The molecule has 1 N–H and O–H groups in total. The zero-order chi connectivity index (χ0) is 11.5. The third-order valence-corrected chi connectivity index (χ3v) is 3.58. The molecule has 1 fully saturated rings. The van der Waals surface area contributed by atoms with Gasteiger partial charge in [-0.05, 0) is 6.42 Å². The summed E-state index contributed by atoms with van der Waals surface area (Å²) in [7, 11) is 0. The molecular formula is C11H17N3OS. The molecule has 1 aliphatic rings. The van der Waals surface area contributed by atoms with Gasteiger partial charge < -0.3 is 10.2 Å². The van der Waals surface area contributed by atoms with Gasteiger partial charge in [0.2, 0.25) is 5.91 Å². The van der Waals surface area contributed by atoms with Crippen molar-refractivity contribution in [3.63, 3.8) is 0 Å². The van der Waals surface area contributed by atoms with E-state index >= 15 is 0 Å². The van der Waals surface area contributed by atoms with Crippen LogP contribution in [0.5, 0.6) is 0 Å². The molecule has 1 aromatic heterocycles. The molecule has 2 heterocycles. The smallest absolute Gasteiger partial charge is 0.222 e. The first-order chi connectivity index (χ1) is 7.66. The standard InChI is InChI=1S/C11H17N3OS/c1-8(2)10(15)13-9-3-5-14(7-9)11-12-4-6-16-11/h4,6,8-9H,3,5,7H2,1-2H3,(H,13,15). The lowest BCUT2D eigenvalue weighted by Gasteiger charge is -2.16. The Kier molecular flexibility index (Phi) is 3.43. The van der Waals surface area contributed by atoms with Crippen LogP contribution in [0.15, 0.2) is 11.6 Å². The number of anilines is 1. The number of rotatable bonds is 3. The highest BCUT2D eigenvalue weighted by Crippen LogP contribution is 2.22. The minimum atomic E-state index is 0.0638. The minimum absolute atomic E-state index is 0.0638. The number of amides is 1. The van der Waals surface area contributed by atoms with Gasteiger partial charge in [-0.15, -0.1) is 11.3 Å². The van der Waals surface area contributed by atoms with Gasteiger partial charge in [0, 0.05) is 36.6 Å². The van der Waals surface area contributed by atoms with Gasteiger partial charge in [0.15, 0.2) is 5.13 Å². The lowest BCUT2D eigenvalue weighted by molar-refractivity contribution is -0.124. The maximum absolute atomic E-state index is 11.5. The number of hydrogen-bond donors (Lipinski definition) is 1. The fraction of sp³-hybridized carbons (Fsp3) is 0.636. The summed E-state index contributed by atoms with van der Waals surface area (Å²) in [5.41, 5.74) is 0. The summed E-state index contributed by atoms with van der Waals surface area (Å²) >= 11 is 1.65. The Bertz CT molecular complexity index is 350. The molecule has 1 unspecified atom stereocenters. The molecule has 4 nitrogen and oxygen atoms in total. The first-order valence-corrected chi connectivity index (χ1v) is 6.49. The van der Waals surface area contributed by atoms with E-state index in [2.05, 4.69) is 15.2 Å². The van der Waals surface area contributed by atoms with E-state index in [4.69, 9.17) is 0 Å². The third-order valence-electron chi connectivity index (χ3n) is 2.75. The van der Waals surface area contributed by atoms with Crippen LogP contribution in [0.1, 0.15) is 20.3 Å². The lowest BCUT2D eigenvalue weighted by atomic mass is 10.2. The lowest BCUT2D eigenvalue weighted by Crippen LogP contribution is -2.39. The number of hydrogen-bond acceptors (Lipinski definition) is 4. The summed E-state index contributed by atoms with van der Waals surface area (Å²) in [5.74, 6) is 0.208. The van der Waals surface area contributed by atoms with Crippen molar-refractivity contribution in [2.24, 2.45) is 5.92 Å². The highest BCUT2D eigenvalue weighted by atomic mass is 32.1. The third kappa shape index (κ3) is 2.52.